The minimum atomic E-state index is -1.27. The van der Waals surface area contributed by atoms with Crippen molar-refractivity contribution in [3.05, 3.63) is 147 Å². The number of ether oxygens (including phenoxy) is 3. The van der Waals surface area contributed by atoms with E-state index < -0.39 is 29.4 Å². The molecular weight excluding hydrogens is 602 g/mol. The van der Waals surface area contributed by atoms with Gasteiger partial charge in [-0.25, -0.2) is 14.4 Å². The molecule has 4 aromatic rings. The van der Waals surface area contributed by atoms with Crippen molar-refractivity contribution < 1.29 is 28.6 Å². The third-order valence-corrected chi connectivity index (χ3v) is 9.38. The van der Waals surface area contributed by atoms with Gasteiger partial charge in [-0.05, 0) is 46.0 Å². The Morgan fingerprint density at radius 2 is 1.37 bits per heavy atom. The zero-order chi connectivity index (χ0) is 32.2. The summed E-state index contributed by atoms with van der Waals surface area (Å²) < 4.78 is 16.0. The van der Waals surface area contributed by atoms with Crippen LogP contribution in [-0.2, 0) is 29.2 Å². The van der Waals surface area contributed by atoms with Crippen LogP contribution in [0, 0.1) is 0 Å². The molecule has 46 heavy (non-hydrogen) atoms. The highest BCUT2D eigenvalue weighted by molar-refractivity contribution is 6.32. The molecule has 2 atom stereocenters. The molecule has 4 aromatic carbocycles. The number of fused-ring (bicyclic) bond motifs is 9. The lowest BCUT2D eigenvalue weighted by Crippen LogP contribution is -2.46. The van der Waals surface area contributed by atoms with Gasteiger partial charge < -0.3 is 19.1 Å². The van der Waals surface area contributed by atoms with E-state index in [4.69, 9.17) is 25.8 Å². The van der Waals surface area contributed by atoms with Crippen LogP contribution in [0.5, 0.6) is 0 Å². The number of hydrogen-bond acceptors (Lipinski definition) is 7. The Labute approximate surface area is 271 Å². The molecule has 8 heteroatoms. The molecule has 2 unspecified atom stereocenters. The molecule has 2 heterocycles. The number of allylic oxidation sites excluding steroid dienone is 2. The third kappa shape index (κ3) is 4.01. The Balaban J connectivity index is 1.61. The molecule has 2 aliphatic heterocycles. The Kier molecular flexibility index (Phi) is 7.13. The molecule has 1 aliphatic carbocycles. The quantitative estimate of drug-likeness (QED) is 0.174. The molecule has 0 radical (unpaired) electrons. The van der Waals surface area contributed by atoms with Crippen LogP contribution in [0.2, 0.25) is 5.02 Å². The fraction of sp³-hybridized carbons (Fsp3) is 0.132. The van der Waals surface area contributed by atoms with E-state index in [-0.39, 0.29) is 11.3 Å². The molecule has 0 fully saturated rings. The van der Waals surface area contributed by atoms with E-state index in [9.17, 15) is 14.4 Å². The van der Waals surface area contributed by atoms with Gasteiger partial charge in [-0.1, -0.05) is 103 Å². The monoisotopic (exact) mass is 629 g/mol. The number of methoxy groups -OCH3 is 3. The topological polar surface area (TPSA) is 82.1 Å². The second-order valence-corrected chi connectivity index (χ2v) is 11.5. The summed E-state index contributed by atoms with van der Waals surface area (Å²) in [6.07, 6.45) is 6.00. The van der Waals surface area contributed by atoms with Crippen LogP contribution in [0.25, 0.3) is 22.8 Å². The Hall–Kier alpha value is -5.40. The number of carbonyl (C=O) groups excluding carboxylic acids is 3. The second-order valence-electron chi connectivity index (χ2n) is 11.1. The summed E-state index contributed by atoms with van der Waals surface area (Å²) in [6.45, 7) is 0. The number of para-hydroxylation sites is 1. The van der Waals surface area contributed by atoms with Crippen LogP contribution in [0.4, 0.5) is 5.69 Å². The molecule has 228 valence electrons. The maximum absolute atomic E-state index is 14.1. The fourth-order valence-electron chi connectivity index (χ4n) is 7.27. The number of nitrogens with zero attached hydrogens (tertiary/aromatic N) is 1. The highest BCUT2D eigenvalue weighted by Crippen LogP contribution is 2.63. The van der Waals surface area contributed by atoms with Gasteiger partial charge in [0.25, 0.3) is 0 Å². The van der Waals surface area contributed by atoms with Crippen molar-refractivity contribution in [2.75, 3.05) is 26.2 Å². The lowest BCUT2D eigenvalue weighted by molar-refractivity contribution is -0.139. The number of rotatable bonds is 5. The standard InChI is InChI=1S/C38H28ClNO6/c1-44-35(41)26-14-10-16-28-32(26)25-13-5-7-15-27(25)38(28)31-21-23(20-19-22-11-4-8-17-29(22)39)24-12-6-9-18-30(24)40(31)34(37(43)46-3)33(38)36(42)45-2/h4-21,31H,1-3H3/b20-19+. The van der Waals surface area contributed by atoms with Crippen molar-refractivity contribution in [2.45, 2.75) is 11.5 Å². The predicted octanol–water partition coefficient (Wildman–Crippen LogP) is 6.99. The van der Waals surface area contributed by atoms with Gasteiger partial charge in [-0.2, -0.15) is 0 Å². The first-order valence-corrected chi connectivity index (χ1v) is 15.0. The maximum Gasteiger partial charge on any atom is 0.355 e. The molecule has 0 amide bonds. The first-order chi connectivity index (χ1) is 22.4. The van der Waals surface area contributed by atoms with E-state index in [1.165, 1.54) is 21.3 Å². The zero-order valence-corrected chi connectivity index (χ0v) is 26.0. The molecule has 0 bridgehead atoms. The van der Waals surface area contributed by atoms with E-state index >= 15 is 0 Å². The van der Waals surface area contributed by atoms with Gasteiger partial charge in [0, 0.05) is 21.8 Å². The summed E-state index contributed by atoms with van der Waals surface area (Å²) >= 11 is 6.51. The number of anilines is 1. The van der Waals surface area contributed by atoms with Crippen molar-refractivity contribution in [3.63, 3.8) is 0 Å². The molecule has 3 aliphatic rings. The van der Waals surface area contributed by atoms with Crippen LogP contribution in [0.15, 0.2) is 114 Å². The van der Waals surface area contributed by atoms with Crippen LogP contribution in [0.1, 0.15) is 32.6 Å². The molecular formula is C38H28ClNO6. The fourth-order valence-corrected chi connectivity index (χ4v) is 7.47. The highest BCUT2D eigenvalue weighted by Gasteiger charge is 2.63. The molecule has 7 nitrogen and oxygen atoms in total. The lowest BCUT2D eigenvalue weighted by Gasteiger charge is -2.41. The first-order valence-electron chi connectivity index (χ1n) is 14.6. The van der Waals surface area contributed by atoms with E-state index in [1.807, 2.05) is 95.9 Å². The SMILES string of the molecule is COC(=O)C1=C(C(=O)OC)C2(c3ccccc3-c3c(C(=O)OC)cccc32)C2C=C(/C=C/c3ccccc3Cl)c3ccccc3N12. The van der Waals surface area contributed by atoms with E-state index in [2.05, 4.69) is 6.08 Å². The molecule has 0 saturated heterocycles. The summed E-state index contributed by atoms with van der Waals surface area (Å²) in [5.74, 6) is -1.88. The van der Waals surface area contributed by atoms with E-state index in [0.717, 1.165) is 27.8 Å². The van der Waals surface area contributed by atoms with Crippen LogP contribution in [0.3, 0.4) is 0 Å². The Morgan fingerprint density at radius 1 is 0.717 bits per heavy atom. The van der Waals surface area contributed by atoms with Gasteiger partial charge in [0.15, 0.2) is 0 Å². The number of esters is 3. The molecule has 0 N–H and O–H groups in total. The van der Waals surface area contributed by atoms with Crippen molar-refractivity contribution in [3.8, 4) is 11.1 Å². The van der Waals surface area contributed by atoms with Crippen LogP contribution < -0.4 is 4.90 Å². The smallest absolute Gasteiger partial charge is 0.355 e. The predicted molar refractivity (Wildman–Crippen MR) is 176 cm³/mol. The summed E-state index contributed by atoms with van der Waals surface area (Å²) in [6, 6.07) is 27.6. The van der Waals surface area contributed by atoms with Crippen LogP contribution in [-0.4, -0.2) is 45.3 Å². The van der Waals surface area contributed by atoms with E-state index in [0.29, 0.717) is 27.4 Å². The summed E-state index contributed by atoms with van der Waals surface area (Å²) in [5, 5.41) is 0.610. The zero-order valence-electron chi connectivity index (χ0n) is 25.2. The lowest BCUT2D eigenvalue weighted by atomic mass is 9.67. The highest BCUT2D eigenvalue weighted by atomic mass is 35.5. The van der Waals surface area contributed by atoms with Crippen molar-refractivity contribution >= 4 is 46.8 Å². The van der Waals surface area contributed by atoms with Crippen LogP contribution >= 0.6 is 11.6 Å². The Bertz CT molecular complexity index is 2060. The molecule has 0 aromatic heterocycles. The van der Waals surface area contributed by atoms with E-state index in [1.54, 1.807) is 12.1 Å². The molecule has 7 rings (SSSR count). The summed E-state index contributed by atoms with van der Waals surface area (Å²) in [4.78, 5) is 43.1. The average Bonchev–Trinajstić information content (AvgIpc) is 3.57. The number of halogens is 1. The maximum atomic E-state index is 14.1. The normalized spacial score (nSPS) is 18.9. The first kappa shape index (κ1) is 29.3. The second kappa shape index (κ2) is 11.2. The largest absolute Gasteiger partial charge is 0.466 e. The van der Waals surface area contributed by atoms with Crippen molar-refractivity contribution in [1.82, 2.24) is 0 Å². The summed E-state index contributed by atoms with van der Waals surface area (Å²) in [7, 11) is 3.92. The minimum Gasteiger partial charge on any atom is -0.466 e. The van der Waals surface area contributed by atoms with Gasteiger partial charge in [0.05, 0.1) is 43.9 Å². The minimum absolute atomic E-state index is 0.0725. The number of hydrogen-bond donors (Lipinski definition) is 0. The van der Waals surface area contributed by atoms with Gasteiger partial charge >= 0.3 is 17.9 Å². The third-order valence-electron chi connectivity index (χ3n) is 9.04. The number of carbonyl (C=O) groups is 3. The van der Waals surface area contributed by atoms with Crippen molar-refractivity contribution in [1.29, 1.82) is 0 Å². The Morgan fingerprint density at radius 3 is 2.11 bits per heavy atom. The van der Waals surface area contributed by atoms with Gasteiger partial charge in [0.1, 0.15) is 5.70 Å². The van der Waals surface area contributed by atoms with Crippen molar-refractivity contribution in [2.24, 2.45) is 0 Å². The number of benzene rings is 4. The molecule has 0 saturated carbocycles. The molecule has 1 spiro atoms. The average molecular weight is 630 g/mol. The van der Waals surface area contributed by atoms with Gasteiger partial charge in [-0.3, -0.25) is 0 Å². The summed E-state index contributed by atoms with van der Waals surface area (Å²) in [5.41, 5.74) is 5.36. The van der Waals surface area contributed by atoms with Gasteiger partial charge in [0.2, 0.25) is 0 Å². The van der Waals surface area contributed by atoms with Gasteiger partial charge in [-0.15, -0.1) is 0 Å².